The highest BCUT2D eigenvalue weighted by atomic mass is 16.2. The van der Waals surface area contributed by atoms with E-state index in [0.29, 0.717) is 11.0 Å². The van der Waals surface area contributed by atoms with Gasteiger partial charge in [-0.25, -0.2) is 4.98 Å². The van der Waals surface area contributed by atoms with Crippen LogP contribution in [0.15, 0.2) is 59.8 Å². The Morgan fingerprint density at radius 3 is 2.78 bits per heavy atom. The van der Waals surface area contributed by atoms with Gasteiger partial charge < -0.3 is 5.32 Å². The molecular weight excluding hydrogens is 342 g/mol. The van der Waals surface area contributed by atoms with Crippen molar-refractivity contribution in [1.82, 2.24) is 24.6 Å². The first-order valence-electron chi connectivity index (χ1n) is 8.69. The average Bonchev–Trinajstić information content (AvgIpc) is 3.05. The molecule has 0 radical (unpaired) electrons. The molecule has 2 aromatic heterocycles. The lowest BCUT2D eigenvalue weighted by Crippen LogP contribution is -2.34. The monoisotopic (exact) mass is 361 g/mol. The zero-order valence-corrected chi connectivity index (χ0v) is 15.1. The number of nitrogens with one attached hydrogen (secondary N) is 1. The van der Waals surface area contributed by atoms with Crippen molar-refractivity contribution in [2.24, 2.45) is 7.05 Å². The lowest BCUT2D eigenvalue weighted by Gasteiger charge is -2.17. The van der Waals surface area contributed by atoms with Gasteiger partial charge in [-0.1, -0.05) is 42.5 Å². The molecule has 0 saturated carbocycles. The first-order chi connectivity index (χ1) is 13.0. The Morgan fingerprint density at radius 1 is 1.15 bits per heavy atom. The maximum Gasteiger partial charge on any atom is 0.264 e. The van der Waals surface area contributed by atoms with Gasteiger partial charge in [0.25, 0.3) is 5.56 Å². The molecule has 0 saturated heterocycles. The second-order valence-electron chi connectivity index (χ2n) is 6.54. The van der Waals surface area contributed by atoms with Gasteiger partial charge >= 0.3 is 0 Å². The normalized spacial score (nSPS) is 12.4. The van der Waals surface area contributed by atoms with Crippen LogP contribution in [-0.2, 0) is 18.4 Å². The van der Waals surface area contributed by atoms with Crippen molar-refractivity contribution in [2.45, 2.75) is 19.5 Å². The minimum absolute atomic E-state index is 0.0915. The van der Waals surface area contributed by atoms with E-state index in [1.165, 1.54) is 21.8 Å². The SMILES string of the molecule is CC(NC(=O)Cn1cnc2c(cnn2C)c1=O)c1cccc2ccccc12. The molecule has 7 nitrogen and oxygen atoms in total. The van der Waals surface area contributed by atoms with E-state index in [4.69, 9.17) is 0 Å². The van der Waals surface area contributed by atoms with Crippen molar-refractivity contribution in [3.05, 3.63) is 70.9 Å². The Bertz CT molecular complexity index is 1200. The van der Waals surface area contributed by atoms with Gasteiger partial charge in [-0.3, -0.25) is 18.8 Å². The largest absolute Gasteiger partial charge is 0.348 e. The zero-order chi connectivity index (χ0) is 19.0. The highest BCUT2D eigenvalue weighted by molar-refractivity contribution is 5.87. The Morgan fingerprint density at radius 2 is 1.93 bits per heavy atom. The molecule has 4 aromatic rings. The third-order valence-electron chi connectivity index (χ3n) is 4.70. The summed E-state index contributed by atoms with van der Waals surface area (Å²) in [5.74, 6) is -0.248. The molecule has 2 aromatic carbocycles. The lowest BCUT2D eigenvalue weighted by molar-refractivity contribution is -0.122. The number of aromatic nitrogens is 4. The number of hydrogen-bond donors (Lipinski definition) is 1. The number of amides is 1. The van der Waals surface area contributed by atoms with Gasteiger partial charge in [0, 0.05) is 7.05 Å². The predicted octanol–water partition coefficient (Wildman–Crippen LogP) is 2.16. The summed E-state index contributed by atoms with van der Waals surface area (Å²) in [7, 11) is 1.72. The summed E-state index contributed by atoms with van der Waals surface area (Å²) in [6, 6.07) is 13.9. The van der Waals surface area contributed by atoms with Crippen LogP contribution < -0.4 is 10.9 Å². The zero-order valence-electron chi connectivity index (χ0n) is 15.1. The minimum Gasteiger partial charge on any atom is -0.348 e. The third kappa shape index (κ3) is 3.08. The van der Waals surface area contributed by atoms with Crippen LogP contribution in [0.4, 0.5) is 0 Å². The molecule has 0 aliphatic carbocycles. The van der Waals surface area contributed by atoms with E-state index in [9.17, 15) is 9.59 Å². The van der Waals surface area contributed by atoms with Crippen molar-refractivity contribution in [3.63, 3.8) is 0 Å². The van der Waals surface area contributed by atoms with Crippen LogP contribution in [0.25, 0.3) is 21.8 Å². The summed E-state index contributed by atoms with van der Waals surface area (Å²) in [4.78, 5) is 29.2. The third-order valence-corrected chi connectivity index (χ3v) is 4.70. The van der Waals surface area contributed by atoms with Crippen LogP contribution >= 0.6 is 0 Å². The number of carbonyl (C=O) groups excluding carboxylic acids is 1. The first-order valence-corrected chi connectivity index (χ1v) is 8.69. The van der Waals surface area contributed by atoms with E-state index in [-0.39, 0.29) is 24.1 Å². The summed E-state index contributed by atoms with van der Waals surface area (Å²) in [5.41, 5.74) is 1.26. The number of nitrogens with zero attached hydrogens (tertiary/aromatic N) is 4. The smallest absolute Gasteiger partial charge is 0.264 e. The molecule has 4 rings (SSSR count). The molecule has 7 heteroatoms. The number of aryl methyl sites for hydroxylation is 1. The maximum atomic E-state index is 12.5. The highest BCUT2D eigenvalue weighted by Crippen LogP contribution is 2.23. The van der Waals surface area contributed by atoms with Gasteiger partial charge in [0.1, 0.15) is 18.3 Å². The van der Waals surface area contributed by atoms with E-state index in [1.54, 1.807) is 7.05 Å². The van der Waals surface area contributed by atoms with Gasteiger partial charge in [-0.15, -0.1) is 0 Å². The summed E-state index contributed by atoms with van der Waals surface area (Å²) < 4.78 is 2.83. The standard InChI is InChI=1S/C20H19N5O2/c1-13(15-9-5-7-14-6-3-4-8-16(14)15)23-18(26)11-25-12-21-19-17(20(25)27)10-22-24(19)2/h3-10,12-13H,11H2,1-2H3,(H,23,26). The number of benzene rings is 2. The fourth-order valence-electron chi connectivity index (χ4n) is 3.33. The van der Waals surface area contributed by atoms with Crippen molar-refractivity contribution in [2.75, 3.05) is 0 Å². The van der Waals surface area contributed by atoms with Crippen LogP contribution in [0, 0.1) is 0 Å². The van der Waals surface area contributed by atoms with Gasteiger partial charge in [0.05, 0.1) is 12.2 Å². The van der Waals surface area contributed by atoms with Crippen LogP contribution in [0.2, 0.25) is 0 Å². The quantitative estimate of drug-likeness (QED) is 0.604. The molecular formula is C20H19N5O2. The minimum atomic E-state index is -0.277. The Balaban J connectivity index is 1.56. The van der Waals surface area contributed by atoms with Gasteiger partial charge in [-0.2, -0.15) is 5.10 Å². The van der Waals surface area contributed by atoms with Gasteiger partial charge in [-0.05, 0) is 23.3 Å². The van der Waals surface area contributed by atoms with E-state index < -0.39 is 0 Å². The second-order valence-corrected chi connectivity index (χ2v) is 6.54. The molecule has 27 heavy (non-hydrogen) atoms. The van der Waals surface area contributed by atoms with E-state index in [0.717, 1.165) is 16.3 Å². The number of rotatable bonds is 4. The Hall–Kier alpha value is -3.48. The first kappa shape index (κ1) is 17.0. The fourth-order valence-corrected chi connectivity index (χ4v) is 3.33. The summed E-state index contributed by atoms with van der Waals surface area (Å²) in [5, 5.41) is 9.63. The van der Waals surface area contributed by atoms with E-state index >= 15 is 0 Å². The van der Waals surface area contributed by atoms with Crippen molar-refractivity contribution in [3.8, 4) is 0 Å². The average molecular weight is 361 g/mol. The van der Waals surface area contributed by atoms with Gasteiger partial charge in [0.15, 0.2) is 5.65 Å². The van der Waals surface area contributed by atoms with E-state index in [1.807, 2.05) is 49.4 Å². The summed E-state index contributed by atoms with van der Waals surface area (Å²) >= 11 is 0. The number of fused-ring (bicyclic) bond motifs is 2. The summed E-state index contributed by atoms with van der Waals surface area (Å²) in [6.45, 7) is 1.84. The molecule has 1 N–H and O–H groups in total. The number of carbonyl (C=O) groups is 1. The molecule has 1 atom stereocenters. The fraction of sp³-hybridized carbons (Fsp3) is 0.200. The van der Waals surface area contributed by atoms with Crippen LogP contribution in [0.3, 0.4) is 0 Å². The van der Waals surface area contributed by atoms with Crippen LogP contribution in [-0.4, -0.2) is 25.2 Å². The second kappa shape index (κ2) is 6.68. The Kier molecular flexibility index (Phi) is 4.19. The van der Waals surface area contributed by atoms with Crippen LogP contribution in [0.1, 0.15) is 18.5 Å². The molecule has 2 heterocycles. The molecule has 0 bridgehead atoms. The molecule has 0 aliphatic rings. The molecule has 136 valence electrons. The summed E-state index contributed by atoms with van der Waals surface area (Å²) in [6.07, 6.45) is 2.85. The van der Waals surface area contributed by atoms with Gasteiger partial charge in [0.2, 0.25) is 5.91 Å². The number of hydrogen-bond acceptors (Lipinski definition) is 4. The van der Waals surface area contributed by atoms with Crippen molar-refractivity contribution >= 4 is 27.7 Å². The van der Waals surface area contributed by atoms with Crippen molar-refractivity contribution in [1.29, 1.82) is 0 Å². The molecule has 0 fully saturated rings. The van der Waals surface area contributed by atoms with E-state index in [2.05, 4.69) is 15.4 Å². The molecule has 1 unspecified atom stereocenters. The molecule has 0 spiro atoms. The maximum absolute atomic E-state index is 12.5. The topological polar surface area (TPSA) is 81.8 Å². The van der Waals surface area contributed by atoms with Crippen LogP contribution in [0.5, 0.6) is 0 Å². The predicted molar refractivity (Wildman–Crippen MR) is 103 cm³/mol. The lowest BCUT2D eigenvalue weighted by atomic mass is 10.00. The van der Waals surface area contributed by atoms with Crippen molar-refractivity contribution < 1.29 is 4.79 Å². The Labute approximate surface area is 155 Å². The molecule has 1 amide bonds. The molecule has 0 aliphatic heterocycles. The highest BCUT2D eigenvalue weighted by Gasteiger charge is 2.14.